The molecule has 0 amide bonds. The molecule has 8 nitrogen and oxygen atoms in total. The number of rotatable bonds is 7. The van der Waals surface area contributed by atoms with Crippen LogP contribution in [0.2, 0.25) is 0 Å². The summed E-state index contributed by atoms with van der Waals surface area (Å²) in [4.78, 5) is 29.0. The number of esters is 1. The average molecular weight is 546 g/mol. The predicted molar refractivity (Wildman–Crippen MR) is 144 cm³/mol. The van der Waals surface area contributed by atoms with Gasteiger partial charge in [-0.15, -0.1) is 0 Å². The number of fused-ring (bicyclic) bond motifs is 3. The minimum atomic E-state index is -0.992. The highest BCUT2D eigenvalue weighted by Gasteiger charge is 2.58. The lowest BCUT2D eigenvalue weighted by atomic mass is 9.77. The Balaban J connectivity index is 1.48. The number of ether oxygens (including phenoxy) is 5. The zero-order valence-corrected chi connectivity index (χ0v) is 24.0. The van der Waals surface area contributed by atoms with Gasteiger partial charge in [0.1, 0.15) is 5.76 Å². The van der Waals surface area contributed by atoms with Gasteiger partial charge < -0.3 is 23.7 Å². The molecule has 208 valence electrons. The van der Waals surface area contributed by atoms with Gasteiger partial charge in [-0.2, -0.15) is 0 Å². The first kappa shape index (κ1) is 27.3. The van der Waals surface area contributed by atoms with E-state index in [1.165, 1.54) is 17.3 Å². The molecule has 5 rings (SSSR count). The Labute approximate surface area is 229 Å². The van der Waals surface area contributed by atoms with E-state index in [2.05, 4.69) is 23.1 Å². The maximum atomic E-state index is 13.7. The summed E-state index contributed by atoms with van der Waals surface area (Å²) in [5, 5.41) is -0.0972. The molecule has 0 N–H and O–H groups in total. The fraction of sp³-hybridized carbons (Fsp3) is 0.655. The zero-order chi connectivity index (χ0) is 27.2. The van der Waals surface area contributed by atoms with E-state index < -0.39 is 18.2 Å². The van der Waals surface area contributed by atoms with Crippen LogP contribution in [0.4, 0.5) is 0 Å². The third kappa shape index (κ3) is 5.17. The van der Waals surface area contributed by atoms with E-state index >= 15 is 0 Å². The van der Waals surface area contributed by atoms with Crippen LogP contribution in [0.1, 0.15) is 70.9 Å². The SMILES string of the molecule is COC1=CC23CCCN2CCc2cc4c(cc2[C@@H]3C1OC(=O)[C@@H](CC(=O)SC(C)(C)C)OC(C)C)OCO4. The number of hydrogen-bond acceptors (Lipinski definition) is 9. The first-order chi connectivity index (χ1) is 18.0. The van der Waals surface area contributed by atoms with E-state index in [4.69, 9.17) is 23.7 Å². The minimum absolute atomic E-state index is 0.0467. The third-order valence-corrected chi connectivity index (χ3v) is 8.69. The van der Waals surface area contributed by atoms with Crippen LogP contribution < -0.4 is 9.47 Å². The molecule has 2 unspecified atom stereocenters. The van der Waals surface area contributed by atoms with Crippen molar-refractivity contribution in [1.82, 2.24) is 4.90 Å². The monoisotopic (exact) mass is 545 g/mol. The van der Waals surface area contributed by atoms with Crippen LogP contribution in [0.5, 0.6) is 11.5 Å². The van der Waals surface area contributed by atoms with E-state index in [-0.39, 0.29) is 40.6 Å². The number of methoxy groups -OCH3 is 1. The van der Waals surface area contributed by atoms with Crippen molar-refractivity contribution in [1.29, 1.82) is 0 Å². The summed E-state index contributed by atoms with van der Waals surface area (Å²) >= 11 is 1.22. The summed E-state index contributed by atoms with van der Waals surface area (Å²) in [5.74, 6) is 1.40. The molecule has 4 atom stereocenters. The first-order valence-electron chi connectivity index (χ1n) is 13.5. The van der Waals surface area contributed by atoms with E-state index in [1.54, 1.807) is 7.11 Å². The number of carbonyl (C=O) groups excluding carboxylic acids is 2. The fourth-order valence-corrected chi connectivity index (χ4v) is 7.26. The van der Waals surface area contributed by atoms with Crippen molar-refractivity contribution >= 4 is 22.8 Å². The zero-order valence-electron chi connectivity index (χ0n) is 23.2. The number of carbonyl (C=O) groups is 2. The van der Waals surface area contributed by atoms with Crippen molar-refractivity contribution in [2.45, 2.75) is 94.8 Å². The summed E-state index contributed by atoms with van der Waals surface area (Å²) in [6, 6.07) is 4.13. The molecule has 1 aromatic carbocycles. The van der Waals surface area contributed by atoms with E-state index in [0.717, 1.165) is 43.7 Å². The second-order valence-corrected chi connectivity index (χ2v) is 13.7. The van der Waals surface area contributed by atoms with E-state index in [1.807, 2.05) is 34.6 Å². The maximum Gasteiger partial charge on any atom is 0.336 e. The summed E-state index contributed by atoms with van der Waals surface area (Å²) < 4.78 is 29.3. The molecule has 0 saturated carbocycles. The standard InChI is InChI=1S/C29H39NO7S/c1-17(2)36-22(14-24(31)38-28(3,4)5)27(32)37-26-23(33-6)15-29-9-7-10-30(29)11-8-18-12-20-21(35-16-34-20)13-19(18)25(26)29/h12-13,15,17,22,25-26H,7-11,14,16H2,1-6H3/t22-,25-,26?,29?/m1/s1. The molecule has 0 aromatic heterocycles. The summed E-state index contributed by atoms with van der Waals surface area (Å²) in [5.41, 5.74) is 1.95. The summed E-state index contributed by atoms with van der Waals surface area (Å²) in [6.45, 7) is 11.7. The number of nitrogens with zero attached hydrogens (tertiary/aromatic N) is 1. The van der Waals surface area contributed by atoms with Crippen LogP contribution in [-0.2, 0) is 30.2 Å². The van der Waals surface area contributed by atoms with Gasteiger partial charge >= 0.3 is 5.97 Å². The lowest BCUT2D eigenvalue weighted by Crippen LogP contribution is -2.48. The van der Waals surface area contributed by atoms with E-state index in [9.17, 15) is 9.59 Å². The van der Waals surface area contributed by atoms with Crippen LogP contribution >= 0.6 is 11.8 Å². The summed E-state index contributed by atoms with van der Waals surface area (Å²) in [6.07, 6.45) is 3.12. The second kappa shape index (κ2) is 10.4. The smallest absolute Gasteiger partial charge is 0.336 e. The van der Waals surface area contributed by atoms with Crippen molar-refractivity contribution in [2.75, 3.05) is 27.0 Å². The average Bonchev–Trinajstić information content (AvgIpc) is 3.50. The van der Waals surface area contributed by atoms with Crippen molar-refractivity contribution in [2.24, 2.45) is 0 Å². The second-order valence-electron chi connectivity index (χ2n) is 11.8. The molecule has 1 spiro atoms. The molecule has 1 aliphatic carbocycles. The Hall–Kier alpha value is -2.23. The number of thioether (sulfide) groups is 1. The van der Waals surface area contributed by atoms with Crippen molar-refractivity contribution in [3.05, 3.63) is 35.1 Å². The van der Waals surface area contributed by atoms with Crippen LogP contribution in [0, 0.1) is 0 Å². The van der Waals surface area contributed by atoms with E-state index in [0.29, 0.717) is 11.5 Å². The molecule has 9 heteroatoms. The van der Waals surface area contributed by atoms with Crippen LogP contribution in [0.15, 0.2) is 24.0 Å². The maximum absolute atomic E-state index is 13.7. The Kier molecular flexibility index (Phi) is 7.48. The van der Waals surface area contributed by atoms with Gasteiger partial charge in [-0.05, 0) is 69.0 Å². The highest BCUT2D eigenvalue weighted by Crippen LogP contribution is 2.55. The van der Waals surface area contributed by atoms with Gasteiger partial charge in [-0.25, -0.2) is 4.79 Å². The first-order valence-corrected chi connectivity index (χ1v) is 14.3. The minimum Gasteiger partial charge on any atom is -0.497 e. The molecule has 1 aromatic rings. The van der Waals surface area contributed by atoms with Crippen LogP contribution in [-0.4, -0.2) is 71.6 Å². The molecular formula is C29H39NO7S. The Morgan fingerprint density at radius 2 is 1.92 bits per heavy atom. The highest BCUT2D eigenvalue weighted by atomic mass is 32.2. The Morgan fingerprint density at radius 3 is 2.61 bits per heavy atom. The Bertz CT molecular complexity index is 1130. The summed E-state index contributed by atoms with van der Waals surface area (Å²) in [7, 11) is 1.62. The molecular weight excluding hydrogens is 506 g/mol. The lowest BCUT2D eigenvalue weighted by molar-refractivity contribution is -0.167. The molecule has 3 aliphatic heterocycles. The molecule has 0 radical (unpaired) electrons. The molecule has 3 heterocycles. The van der Waals surface area contributed by atoms with Gasteiger partial charge in [0.2, 0.25) is 6.79 Å². The largest absolute Gasteiger partial charge is 0.497 e. The van der Waals surface area contributed by atoms with Gasteiger partial charge in [-0.3, -0.25) is 9.69 Å². The quantitative estimate of drug-likeness (QED) is 0.457. The number of benzene rings is 1. The lowest BCUT2D eigenvalue weighted by Gasteiger charge is -2.39. The van der Waals surface area contributed by atoms with Crippen molar-refractivity contribution < 1.29 is 33.3 Å². The van der Waals surface area contributed by atoms with Gasteiger partial charge in [0, 0.05) is 11.3 Å². The molecule has 4 aliphatic rings. The topological polar surface area (TPSA) is 83.5 Å². The van der Waals surface area contributed by atoms with Crippen LogP contribution in [0.3, 0.4) is 0 Å². The highest BCUT2D eigenvalue weighted by molar-refractivity contribution is 8.14. The van der Waals surface area contributed by atoms with Crippen molar-refractivity contribution in [3.8, 4) is 11.5 Å². The number of hydrogen-bond donors (Lipinski definition) is 0. The van der Waals surface area contributed by atoms with Crippen molar-refractivity contribution in [3.63, 3.8) is 0 Å². The van der Waals surface area contributed by atoms with Gasteiger partial charge in [0.25, 0.3) is 0 Å². The molecule has 38 heavy (non-hydrogen) atoms. The van der Waals surface area contributed by atoms with Gasteiger partial charge in [-0.1, -0.05) is 32.5 Å². The molecule has 1 fully saturated rings. The predicted octanol–water partition coefficient (Wildman–Crippen LogP) is 4.59. The normalized spacial score (nSPS) is 26.8. The molecule has 0 bridgehead atoms. The van der Waals surface area contributed by atoms with Gasteiger partial charge in [0.05, 0.1) is 31.1 Å². The molecule has 1 saturated heterocycles. The van der Waals surface area contributed by atoms with Gasteiger partial charge in [0.15, 0.2) is 28.8 Å². The van der Waals surface area contributed by atoms with Crippen LogP contribution in [0.25, 0.3) is 0 Å². The fourth-order valence-electron chi connectivity index (χ4n) is 6.35. The third-order valence-electron chi connectivity index (χ3n) is 7.68. The Morgan fingerprint density at radius 1 is 1.18 bits per heavy atom.